The second-order valence-electron chi connectivity index (χ2n) is 5.50. The highest BCUT2D eigenvalue weighted by atomic mass is 16.2. The van der Waals surface area contributed by atoms with Crippen LogP contribution in [0.5, 0.6) is 0 Å². The highest BCUT2D eigenvalue weighted by Crippen LogP contribution is 2.29. The third-order valence-corrected chi connectivity index (χ3v) is 3.75. The molecule has 0 saturated carbocycles. The van der Waals surface area contributed by atoms with Crippen molar-refractivity contribution < 1.29 is 4.79 Å². The van der Waals surface area contributed by atoms with Gasteiger partial charge in [0.2, 0.25) is 5.91 Å². The van der Waals surface area contributed by atoms with E-state index in [-0.39, 0.29) is 11.9 Å². The van der Waals surface area contributed by atoms with Crippen LogP contribution in [-0.2, 0) is 17.6 Å². The molecule has 1 aromatic rings. The van der Waals surface area contributed by atoms with Gasteiger partial charge in [0.1, 0.15) is 0 Å². The number of hydrogen-bond donors (Lipinski definition) is 1. The molecule has 3 heteroatoms. The van der Waals surface area contributed by atoms with Crippen LogP contribution in [0.4, 0.5) is 5.69 Å². The Morgan fingerprint density at radius 1 is 1.44 bits per heavy atom. The molecule has 0 aromatic heterocycles. The fourth-order valence-electron chi connectivity index (χ4n) is 2.42. The highest BCUT2D eigenvalue weighted by Gasteiger charge is 2.22. The maximum Gasteiger partial charge on any atom is 0.223 e. The molecular weight excluding hydrogens is 224 g/mol. The number of hydrogen-bond acceptors (Lipinski definition) is 2. The van der Waals surface area contributed by atoms with Gasteiger partial charge in [0, 0.05) is 25.2 Å². The summed E-state index contributed by atoms with van der Waals surface area (Å²) in [5.74, 6) is 0.618. The van der Waals surface area contributed by atoms with Crippen LogP contribution in [0.1, 0.15) is 31.9 Å². The molecule has 2 rings (SSSR count). The summed E-state index contributed by atoms with van der Waals surface area (Å²) in [4.78, 5) is 13.3. The first kappa shape index (κ1) is 13.1. The minimum Gasteiger partial charge on any atom is -0.327 e. The zero-order chi connectivity index (χ0) is 13.3. The molecule has 2 N–H and O–H groups in total. The summed E-state index contributed by atoms with van der Waals surface area (Å²) in [5, 5.41) is 0. The molecule has 1 aliphatic heterocycles. The van der Waals surface area contributed by atoms with E-state index in [1.165, 1.54) is 11.1 Å². The Hall–Kier alpha value is -1.35. The van der Waals surface area contributed by atoms with Crippen molar-refractivity contribution in [1.82, 2.24) is 0 Å². The average molecular weight is 246 g/mol. The molecule has 1 aliphatic rings. The van der Waals surface area contributed by atoms with Crippen molar-refractivity contribution in [3.8, 4) is 0 Å². The van der Waals surface area contributed by atoms with Crippen molar-refractivity contribution in [3.05, 3.63) is 29.3 Å². The first-order valence-electron chi connectivity index (χ1n) is 6.64. The minimum atomic E-state index is 0.125. The van der Waals surface area contributed by atoms with E-state index < -0.39 is 0 Å². The third-order valence-electron chi connectivity index (χ3n) is 3.75. The largest absolute Gasteiger partial charge is 0.327 e. The molecular formula is C15H22N2O. The van der Waals surface area contributed by atoms with E-state index in [1.807, 2.05) is 4.90 Å². The Morgan fingerprint density at radius 3 is 2.78 bits per heavy atom. The third kappa shape index (κ3) is 2.56. The van der Waals surface area contributed by atoms with Gasteiger partial charge < -0.3 is 10.6 Å². The van der Waals surface area contributed by atoms with E-state index in [9.17, 15) is 4.79 Å². The van der Waals surface area contributed by atoms with Crippen LogP contribution in [0.3, 0.4) is 0 Å². The molecule has 0 bridgehead atoms. The molecule has 0 saturated heterocycles. The molecule has 1 heterocycles. The summed E-state index contributed by atoms with van der Waals surface area (Å²) >= 11 is 0. The Labute approximate surface area is 109 Å². The van der Waals surface area contributed by atoms with Gasteiger partial charge in [-0.05, 0) is 36.0 Å². The maximum atomic E-state index is 11.5. The minimum absolute atomic E-state index is 0.125. The molecule has 98 valence electrons. The predicted octanol–water partition coefficient (Wildman–Crippen LogP) is 2.12. The molecule has 0 radical (unpaired) electrons. The lowest BCUT2D eigenvalue weighted by Crippen LogP contribution is -2.28. The molecule has 1 atom stereocenters. The molecule has 0 fully saturated rings. The normalized spacial score (nSPS) is 15.9. The number of benzene rings is 1. The van der Waals surface area contributed by atoms with Gasteiger partial charge in [0.15, 0.2) is 0 Å². The zero-order valence-corrected chi connectivity index (χ0v) is 11.4. The molecule has 0 aliphatic carbocycles. The number of nitrogens with two attached hydrogens (primary N) is 1. The average Bonchev–Trinajstić information content (AvgIpc) is 2.71. The van der Waals surface area contributed by atoms with Gasteiger partial charge in [-0.2, -0.15) is 0 Å². The first-order valence-corrected chi connectivity index (χ1v) is 6.64. The highest BCUT2D eigenvalue weighted by molar-refractivity contribution is 5.93. The van der Waals surface area contributed by atoms with Gasteiger partial charge in [-0.15, -0.1) is 0 Å². The number of carbonyl (C=O) groups excluding carboxylic acids is 1. The van der Waals surface area contributed by atoms with E-state index in [1.54, 1.807) is 6.92 Å². The van der Waals surface area contributed by atoms with Crippen LogP contribution in [0.25, 0.3) is 0 Å². The Morgan fingerprint density at radius 2 is 2.17 bits per heavy atom. The van der Waals surface area contributed by atoms with Crippen molar-refractivity contribution >= 4 is 11.6 Å². The van der Waals surface area contributed by atoms with Crippen LogP contribution >= 0.6 is 0 Å². The van der Waals surface area contributed by atoms with Crippen LogP contribution in [0.15, 0.2) is 18.2 Å². The number of anilines is 1. The fraction of sp³-hybridized carbons (Fsp3) is 0.533. The monoisotopic (exact) mass is 246 g/mol. The predicted molar refractivity (Wildman–Crippen MR) is 74.7 cm³/mol. The molecule has 1 aromatic carbocycles. The van der Waals surface area contributed by atoms with Gasteiger partial charge >= 0.3 is 0 Å². The summed E-state index contributed by atoms with van der Waals surface area (Å²) in [6.45, 7) is 6.73. The quantitative estimate of drug-likeness (QED) is 0.888. The van der Waals surface area contributed by atoms with Gasteiger partial charge in [-0.25, -0.2) is 0 Å². The second kappa shape index (κ2) is 5.11. The molecule has 18 heavy (non-hydrogen) atoms. The van der Waals surface area contributed by atoms with E-state index in [2.05, 4.69) is 32.0 Å². The fourth-order valence-corrected chi connectivity index (χ4v) is 2.42. The van der Waals surface area contributed by atoms with Gasteiger partial charge in [-0.3, -0.25) is 4.79 Å². The van der Waals surface area contributed by atoms with Crippen molar-refractivity contribution in [1.29, 1.82) is 0 Å². The lowest BCUT2D eigenvalue weighted by molar-refractivity contribution is -0.116. The van der Waals surface area contributed by atoms with E-state index >= 15 is 0 Å². The lowest BCUT2D eigenvalue weighted by Gasteiger charge is -2.17. The summed E-state index contributed by atoms with van der Waals surface area (Å²) in [5.41, 5.74) is 9.73. The Bertz CT molecular complexity index is 454. The number of amides is 1. The molecule has 0 spiro atoms. The van der Waals surface area contributed by atoms with E-state index in [0.717, 1.165) is 25.1 Å². The number of fused-ring (bicyclic) bond motifs is 1. The smallest absolute Gasteiger partial charge is 0.223 e. The zero-order valence-electron chi connectivity index (χ0n) is 11.4. The summed E-state index contributed by atoms with van der Waals surface area (Å²) in [7, 11) is 0. The Balaban J connectivity index is 2.17. The summed E-state index contributed by atoms with van der Waals surface area (Å²) < 4.78 is 0. The van der Waals surface area contributed by atoms with Crippen molar-refractivity contribution in [2.24, 2.45) is 11.7 Å². The lowest BCUT2D eigenvalue weighted by atomic mass is 9.96. The summed E-state index contributed by atoms with van der Waals surface area (Å²) in [6, 6.07) is 6.57. The molecule has 3 nitrogen and oxygen atoms in total. The van der Waals surface area contributed by atoms with Crippen LogP contribution in [0, 0.1) is 5.92 Å². The Kier molecular flexibility index (Phi) is 3.71. The maximum absolute atomic E-state index is 11.5. The van der Waals surface area contributed by atoms with Crippen LogP contribution in [0.2, 0.25) is 0 Å². The van der Waals surface area contributed by atoms with E-state index in [0.29, 0.717) is 5.92 Å². The number of carbonyl (C=O) groups is 1. The summed E-state index contributed by atoms with van der Waals surface area (Å²) in [6.07, 6.45) is 1.87. The number of nitrogens with zero attached hydrogens (tertiary/aromatic N) is 1. The first-order chi connectivity index (χ1) is 8.49. The van der Waals surface area contributed by atoms with Gasteiger partial charge in [0.05, 0.1) is 0 Å². The number of rotatable bonds is 3. The topological polar surface area (TPSA) is 46.3 Å². The van der Waals surface area contributed by atoms with Crippen molar-refractivity contribution in [3.63, 3.8) is 0 Å². The van der Waals surface area contributed by atoms with Crippen LogP contribution < -0.4 is 10.6 Å². The van der Waals surface area contributed by atoms with Crippen molar-refractivity contribution in [2.75, 3.05) is 11.4 Å². The van der Waals surface area contributed by atoms with Gasteiger partial charge in [0.25, 0.3) is 0 Å². The van der Waals surface area contributed by atoms with Gasteiger partial charge in [-0.1, -0.05) is 26.0 Å². The molecule has 1 unspecified atom stereocenters. The molecule has 1 amide bonds. The van der Waals surface area contributed by atoms with Crippen LogP contribution in [-0.4, -0.2) is 18.5 Å². The second-order valence-corrected chi connectivity index (χ2v) is 5.50. The SMILES string of the molecule is CC(=O)N1CCc2cc(CC(N)C(C)C)ccc21. The van der Waals surface area contributed by atoms with Crippen molar-refractivity contribution in [2.45, 2.75) is 39.7 Å². The standard InChI is InChI=1S/C15H22N2O/c1-10(2)14(16)9-12-4-5-15-13(8-12)6-7-17(15)11(3)18/h4-5,8,10,14H,6-7,9,16H2,1-3H3. The van der Waals surface area contributed by atoms with E-state index in [4.69, 9.17) is 5.73 Å².